The molecule has 0 aromatic carbocycles. The molecule has 0 aliphatic carbocycles. The Labute approximate surface area is 374 Å². The van der Waals surface area contributed by atoms with Crippen LogP contribution in [0, 0.1) is 0 Å². The smallest absolute Gasteiger partial charge is 0.313 e. The van der Waals surface area contributed by atoms with Crippen LogP contribution in [0.4, 0.5) is 16.2 Å². The minimum absolute atomic E-state index is 0.0422. The second kappa shape index (κ2) is 19.5. The van der Waals surface area contributed by atoms with Crippen LogP contribution in [0.25, 0.3) is 22.3 Å². The summed E-state index contributed by atoms with van der Waals surface area (Å²) in [4.78, 5) is 81.5. The maximum Gasteiger partial charge on any atom is 0.313 e. The number of ether oxygens (including phenoxy) is 4. The number of hydrogen-bond acceptors (Lipinski definition) is 28. The maximum absolute atomic E-state index is 16.3. The van der Waals surface area contributed by atoms with E-state index in [0.717, 1.165) is 21.8 Å². The third kappa shape index (κ3) is 11.3. The number of halogens is 1. The molecule has 4 aromatic heterocycles. The van der Waals surface area contributed by atoms with Crippen LogP contribution in [-0.4, -0.2) is 136 Å². The molecule has 374 valence electrons. The highest BCUT2D eigenvalue weighted by atomic mass is 31.3. The van der Waals surface area contributed by atoms with Crippen LogP contribution < -0.4 is 41.2 Å². The van der Waals surface area contributed by atoms with Gasteiger partial charge in [-0.25, -0.2) is 32.5 Å². The number of nitrogens with one attached hydrogen (secondary N) is 1. The highest BCUT2D eigenvalue weighted by molar-refractivity contribution is 7.65. The first kappa shape index (κ1) is 51.5. The molecule has 3 saturated heterocycles. The summed E-state index contributed by atoms with van der Waals surface area (Å²) in [6, 6.07) is 0. The number of aryl methyl sites for hydroxylation is 1. The molecule has 7 heterocycles. The highest BCUT2D eigenvalue weighted by Gasteiger charge is 2.51. The SMILES string of the molecule is CC(C)O[C@@H]1C(O)[C@H](C)O[C@@H]1COP(=O)([O-])O[C@@H]1C(F)[C@H](n2cnc3c(N)ncnc32)O[C@@H]1COP(=O)([O-])OP(=O)([O-])OP(=O)([O-])OC[C@H]1O[C@@H]([n+]2cn(C)c3c(=O)[nH]c(N)nc32)C(O)[C@H]1O. The molecule has 16 atom stereocenters. The predicted octanol–water partition coefficient (Wildman–Crippen LogP) is -4.31. The lowest BCUT2D eigenvalue weighted by Crippen LogP contribution is -2.46. The van der Waals surface area contributed by atoms with Gasteiger partial charge in [-0.2, -0.15) is 0 Å². The Bertz CT molecular complexity index is 2710. The number of aliphatic hydroxyl groups excluding tert-OH is 3. The van der Waals surface area contributed by atoms with Crippen molar-refractivity contribution < 1.29 is 108 Å². The van der Waals surface area contributed by atoms with Crippen LogP contribution in [0.15, 0.2) is 23.8 Å². The van der Waals surface area contributed by atoms with Crippen LogP contribution >= 0.6 is 31.3 Å². The monoisotopic (exact) mass is 1040 g/mol. The van der Waals surface area contributed by atoms with E-state index in [-0.39, 0.29) is 34.1 Å². The molecule has 0 bridgehead atoms. The van der Waals surface area contributed by atoms with Gasteiger partial charge in [-0.3, -0.25) is 37.2 Å². The molecule has 32 nitrogen and oxygen atoms in total. The molecule has 8 N–H and O–H groups in total. The van der Waals surface area contributed by atoms with Crippen molar-refractivity contribution >= 4 is 65.4 Å². The number of anilines is 2. The lowest BCUT2D eigenvalue weighted by molar-refractivity contribution is -0.745. The lowest BCUT2D eigenvalue weighted by atomic mass is 10.1. The normalized spacial score (nSPS) is 32.7. The Kier molecular flexibility index (Phi) is 15.0. The fourth-order valence-corrected chi connectivity index (χ4v) is 11.6. The van der Waals surface area contributed by atoms with E-state index in [1.54, 1.807) is 13.8 Å². The van der Waals surface area contributed by atoms with Crippen molar-refractivity contribution in [2.75, 3.05) is 31.3 Å². The van der Waals surface area contributed by atoms with E-state index in [1.807, 2.05) is 0 Å². The van der Waals surface area contributed by atoms with Gasteiger partial charge in [0.1, 0.15) is 60.7 Å². The molecule has 3 aliphatic rings. The van der Waals surface area contributed by atoms with Crippen LogP contribution in [-0.2, 0) is 71.0 Å². The number of phosphoric acid groups is 4. The highest BCUT2D eigenvalue weighted by Crippen LogP contribution is 2.63. The number of nitrogens with zero attached hydrogens (tertiary/aromatic N) is 7. The molecular formula is C30H42FN10O22P4-3. The summed E-state index contributed by atoms with van der Waals surface area (Å²) in [5, 5.41) is 31.7. The minimum Gasteiger partial charge on any atom is -0.756 e. The minimum atomic E-state index is -6.57. The van der Waals surface area contributed by atoms with Crippen molar-refractivity contribution in [1.29, 1.82) is 0 Å². The van der Waals surface area contributed by atoms with Gasteiger partial charge in [-0.1, -0.05) is 4.98 Å². The molecular weight excluding hydrogens is 995 g/mol. The van der Waals surface area contributed by atoms with E-state index in [0.29, 0.717) is 0 Å². The summed E-state index contributed by atoms with van der Waals surface area (Å²) in [6.07, 6.45) is -17.5. The molecule has 3 aliphatic heterocycles. The molecule has 37 heteroatoms. The van der Waals surface area contributed by atoms with E-state index in [4.69, 9.17) is 39.5 Å². The molecule has 3 fully saturated rings. The number of aliphatic hydroxyl groups is 3. The van der Waals surface area contributed by atoms with Crippen molar-refractivity contribution in [3.8, 4) is 0 Å². The summed E-state index contributed by atoms with van der Waals surface area (Å²) >= 11 is 0. The lowest BCUT2D eigenvalue weighted by Gasteiger charge is -2.35. The summed E-state index contributed by atoms with van der Waals surface area (Å²) in [7, 11) is -23.3. The van der Waals surface area contributed by atoms with Gasteiger partial charge in [-0.05, 0) is 20.8 Å². The van der Waals surface area contributed by atoms with Crippen LogP contribution in [0.5, 0.6) is 0 Å². The number of aromatic amines is 1. The summed E-state index contributed by atoms with van der Waals surface area (Å²) in [6.45, 7) is 1.22. The first-order valence-corrected chi connectivity index (χ1v) is 25.3. The number of rotatable bonds is 19. The standard InChI is InChI=1S/C30H45FN10O22P4/c1-11(2)57-23-15(58-12(3)19(23)42)7-54-64(46,47)61-22-14(60-28(16(22)31)40-9-36-17-24(32)34-8-35-25(17)40)6-56-66(50,51)63-67(52,53)62-65(48,49)55-5-13-20(43)21(44)29(59-13)41-10-39(4)18-26(41)37-30(33)38-27(18)45/h8-16,19-23,28-29,42-44H,5-7H2,1-4H3,(H8-,32,33,34,35,37,38,45,46,47,48,49,50,51,52,53)/p-3/t12-,13+,14+,15+,16?,19?,20-,21?,22-,23-,28+,29+/m0/s1. The molecule has 0 spiro atoms. The van der Waals surface area contributed by atoms with Gasteiger partial charge in [0, 0.05) is 0 Å². The van der Waals surface area contributed by atoms with Crippen molar-refractivity contribution in [1.82, 2.24) is 34.1 Å². The molecule has 7 rings (SSSR count). The summed E-state index contributed by atoms with van der Waals surface area (Å²) in [5.74, 6) is -0.484. The topological polar surface area (TPSA) is 464 Å². The Morgan fingerprint density at radius 1 is 0.866 bits per heavy atom. The van der Waals surface area contributed by atoms with Crippen LogP contribution in [0.2, 0.25) is 0 Å². The number of hydrogen-bond donors (Lipinski definition) is 6. The number of nitrogen functional groups attached to an aromatic ring is 2. The fraction of sp³-hybridized carbons (Fsp3) is 0.667. The van der Waals surface area contributed by atoms with E-state index < -0.39 is 136 Å². The van der Waals surface area contributed by atoms with Gasteiger partial charge in [0.15, 0.2) is 30.2 Å². The Balaban J connectivity index is 1.00. The molecule has 0 radical (unpaired) electrons. The fourth-order valence-electron chi connectivity index (χ4n) is 7.30. The molecule has 0 amide bonds. The predicted molar refractivity (Wildman–Crippen MR) is 206 cm³/mol. The number of imidazole rings is 2. The number of H-pyrrole nitrogens is 1. The number of nitrogens with two attached hydrogens (primary N) is 2. The Morgan fingerprint density at radius 2 is 1.48 bits per heavy atom. The molecule has 7 unspecified atom stereocenters. The van der Waals surface area contributed by atoms with Crippen LogP contribution in [0.1, 0.15) is 33.2 Å². The number of phosphoric ester groups is 3. The Hall–Kier alpha value is -3.33. The van der Waals surface area contributed by atoms with Crippen molar-refractivity contribution in [2.45, 2.75) is 100 Å². The van der Waals surface area contributed by atoms with E-state index >= 15 is 4.39 Å². The van der Waals surface area contributed by atoms with Gasteiger partial charge < -0.3 is 83.4 Å². The Morgan fingerprint density at radius 3 is 2.12 bits per heavy atom. The van der Waals surface area contributed by atoms with Gasteiger partial charge in [-0.15, -0.1) is 0 Å². The van der Waals surface area contributed by atoms with Crippen molar-refractivity contribution in [3.63, 3.8) is 0 Å². The van der Waals surface area contributed by atoms with E-state index in [1.165, 1.54) is 24.9 Å². The van der Waals surface area contributed by atoms with Gasteiger partial charge in [0.2, 0.25) is 11.7 Å². The largest absolute Gasteiger partial charge is 0.756 e. The number of alkyl halides is 1. The van der Waals surface area contributed by atoms with Gasteiger partial charge in [0.25, 0.3) is 42.8 Å². The quantitative estimate of drug-likeness (QED) is 0.0382. The average Bonchev–Trinajstić information content (AvgIpc) is 3.99. The number of aromatic nitrogens is 8. The van der Waals surface area contributed by atoms with Crippen molar-refractivity contribution in [2.24, 2.45) is 7.05 Å². The van der Waals surface area contributed by atoms with Gasteiger partial charge in [0.05, 0.1) is 45.4 Å². The third-order valence-electron chi connectivity index (χ3n) is 10.2. The second-order valence-corrected chi connectivity index (χ2v) is 21.2. The van der Waals surface area contributed by atoms with Gasteiger partial charge >= 0.3 is 5.65 Å². The first-order valence-electron chi connectivity index (χ1n) is 19.4. The zero-order valence-electron chi connectivity index (χ0n) is 34.9. The average molecular weight is 1040 g/mol. The van der Waals surface area contributed by atoms with Crippen LogP contribution in [0.3, 0.4) is 0 Å². The second-order valence-electron chi connectivity index (χ2n) is 15.3. The van der Waals surface area contributed by atoms with E-state index in [2.05, 4.69) is 42.6 Å². The first-order chi connectivity index (χ1) is 31.2. The van der Waals surface area contributed by atoms with Crippen molar-refractivity contribution in [3.05, 3.63) is 29.3 Å². The third-order valence-corrected chi connectivity index (χ3v) is 15.3. The zero-order valence-corrected chi connectivity index (χ0v) is 38.5. The zero-order chi connectivity index (χ0) is 49.1. The maximum atomic E-state index is 16.3. The van der Waals surface area contributed by atoms with E-state index in [9.17, 15) is 57.9 Å². The summed E-state index contributed by atoms with van der Waals surface area (Å²) < 4.78 is 120. The number of fused-ring (bicyclic) bond motifs is 2. The molecule has 67 heavy (non-hydrogen) atoms. The molecule has 4 aromatic rings. The summed E-state index contributed by atoms with van der Waals surface area (Å²) in [5.41, 5.74) is 10.4. The molecule has 0 saturated carbocycles.